The molecule has 0 N–H and O–H groups in total. The van der Waals surface area contributed by atoms with Crippen molar-refractivity contribution in [2.75, 3.05) is 0 Å². The van der Waals surface area contributed by atoms with Gasteiger partial charge in [-0.25, -0.2) is 0 Å². The van der Waals surface area contributed by atoms with Crippen molar-refractivity contribution in [3.8, 4) is 0 Å². The van der Waals surface area contributed by atoms with Gasteiger partial charge in [-0.15, -0.1) is 0 Å². The van der Waals surface area contributed by atoms with E-state index in [0.717, 1.165) is 12.8 Å². The molecule has 2 aromatic carbocycles. The number of rotatable bonds is 4. The molecule has 0 nitrogen and oxygen atoms in total. The van der Waals surface area contributed by atoms with Crippen LogP contribution in [-0.2, 0) is 12.8 Å². The zero-order valence-corrected chi connectivity index (χ0v) is 10.3. The first-order valence-electron chi connectivity index (χ1n) is 6.11. The molecule has 0 saturated carbocycles. The first kappa shape index (κ1) is 11.7. The summed E-state index contributed by atoms with van der Waals surface area (Å²) in [5, 5.41) is 0. The second-order valence-corrected chi connectivity index (χ2v) is 4.28. The summed E-state index contributed by atoms with van der Waals surface area (Å²) in [6.07, 6.45) is 1.99. The molecule has 0 bridgehead atoms. The van der Waals surface area contributed by atoms with Crippen LogP contribution in [0.2, 0.25) is 0 Å². The van der Waals surface area contributed by atoms with Crippen molar-refractivity contribution in [3.05, 3.63) is 77.9 Å². The lowest BCUT2D eigenvalue weighted by Crippen LogP contribution is -1.94. The van der Waals surface area contributed by atoms with E-state index in [1.165, 1.54) is 22.3 Å². The normalized spacial score (nSPS) is 10.2. The molecule has 0 saturated heterocycles. The summed E-state index contributed by atoms with van der Waals surface area (Å²) in [5.41, 5.74) is 5.21. The van der Waals surface area contributed by atoms with E-state index in [-0.39, 0.29) is 0 Å². The van der Waals surface area contributed by atoms with Crippen molar-refractivity contribution in [1.29, 1.82) is 0 Å². The van der Waals surface area contributed by atoms with Gasteiger partial charge >= 0.3 is 0 Å². The topological polar surface area (TPSA) is 0 Å². The van der Waals surface area contributed by atoms with Crippen LogP contribution < -0.4 is 0 Å². The molecule has 0 fully saturated rings. The number of hydrogen-bond acceptors (Lipinski definition) is 0. The smallest absolute Gasteiger partial charge is 0.00256 e. The summed E-state index contributed by atoms with van der Waals surface area (Å²) < 4.78 is 0. The third-order valence-electron chi connectivity index (χ3n) is 3.04. The molecule has 0 aliphatic heterocycles. The van der Waals surface area contributed by atoms with Crippen molar-refractivity contribution in [2.24, 2.45) is 0 Å². The molecule has 0 aromatic heterocycles. The molecule has 0 radical (unpaired) electrons. The van der Waals surface area contributed by atoms with Crippen LogP contribution in [0.15, 0.2) is 61.2 Å². The summed E-state index contributed by atoms with van der Waals surface area (Å²) in [6.45, 7) is 6.42. The minimum Gasteiger partial charge on any atom is -0.0949 e. The Kier molecular flexibility index (Phi) is 3.77. The van der Waals surface area contributed by atoms with Gasteiger partial charge in [0, 0.05) is 0 Å². The fourth-order valence-electron chi connectivity index (χ4n) is 2.11. The van der Waals surface area contributed by atoms with E-state index in [1.807, 2.05) is 6.07 Å². The Morgan fingerprint density at radius 3 is 2.29 bits per heavy atom. The molecule has 0 aliphatic rings. The predicted molar refractivity (Wildman–Crippen MR) is 75.0 cm³/mol. The van der Waals surface area contributed by atoms with Crippen LogP contribution in [0, 0.1) is 0 Å². The van der Waals surface area contributed by atoms with Gasteiger partial charge in [-0.3, -0.25) is 0 Å². The maximum atomic E-state index is 4.23. The van der Waals surface area contributed by atoms with Crippen LogP contribution in [0.5, 0.6) is 0 Å². The minimum absolute atomic E-state index is 0.928. The van der Waals surface area contributed by atoms with E-state index >= 15 is 0 Å². The summed E-state index contributed by atoms with van der Waals surface area (Å²) in [5.74, 6) is 0. The van der Waals surface area contributed by atoms with E-state index < -0.39 is 0 Å². The highest BCUT2D eigenvalue weighted by atomic mass is 14.1. The zero-order valence-electron chi connectivity index (χ0n) is 10.3. The number of benzene rings is 2. The molecule has 0 amide bonds. The molecule has 0 spiro atoms. The van der Waals surface area contributed by atoms with E-state index in [1.54, 1.807) is 0 Å². The third kappa shape index (κ3) is 2.85. The van der Waals surface area contributed by atoms with Crippen LogP contribution in [0.4, 0.5) is 0 Å². The quantitative estimate of drug-likeness (QED) is 0.714. The molecule has 0 heterocycles. The molecule has 0 atom stereocenters. The summed E-state index contributed by atoms with van der Waals surface area (Å²) in [6, 6.07) is 19.0. The fourth-order valence-corrected chi connectivity index (χ4v) is 2.11. The Morgan fingerprint density at radius 2 is 1.59 bits per heavy atom. The number of hydrogen-bond donors (Lipinski definition) is 0. The van der Waals surface area contributed by atoms with Crippen LogP contribution in [-0.4, -0.2) is 0 Å². The standard InChI is InChI=1S/C17H18/c1-3-16-11-7-8-12-17(16)14(2)13-15-9-5-4-6-10-15/h4-12H,2-3,13H2,1H3. The highest BCUT2D eigenvalue weighted by molar-refractivity contribution is 5.68. The van der Waals surface area contributed by atoms with Gasteiger partial charge in [0.25, 0.3) is 0 Å². The van der Waals surface area contributed by atoms with Gasteiger partial charge in [0.15, 0.2) is 0 Å². The SMILES string of the molecule is C=C(Cc1ccccc1)c1ccccc1CC. The van der Waals surface area contributed by atoms with Gasteiger partial charge in [-0.2, -0.15) is 0 Å². The predicted octanol–water partition coefficient (Wildman–Crippen LogP) is 4.50. The molecule has 0 aliphatic carbocycles. The molecule has 2 aromatic rings. The van der Waals surface area contributed by atoms with E-state index in [4.69, 9.17) is 0 Å². The van der Waals surface area contributed by atoms with E-state index in [2.05, 4.69) is 62.0 Å². The van der Waals surface area contributed by atoms with Crippen LogP contribution in [0.3, 0.4) is 0 Å². The molecular weight excluding hydrogens is 204 g/mol. The second kappa shape index (κ2) is 5.49. The van der Waals surface area contributed by atoms with Crippen molar-refractivity contribution in [3.63, 3.8) is 0 Å². The zero-order chi connectivity index (χ0) is 12.1. The van der Waals surface area contributed by atoms with Crippen LogP contribution in [0.1, 0.15) is 23.6 Å². The molecule has 86 valence electrons. The molecule has 17 heavy (non-hydrogen) atoms. The summed E-state index contributed by atoms with van der Waals surface area (Å²) >= 11 is 0. The number of aryl methyl sites for hydroxylation is 1. The fraction of sp³-hybridized carbons (Fsp3) is 0.176. The largest absolute Gasteiger partial charge is 0.0949 e. The van der Waals surface area contributed by atoms with Crippen LogP contribution >= 0.6 is 0 Å². The minimum atomic E-state index is 0.928. The van der Waals surface area contributed by atoms with E-state index in [9.17, 15) is 0 Å². The average molecular weight is 222 g/mol. The lowest BCUT2D eigenvalue weighted by atomic mass is 9.94. The monoisotopic (exact) mass is 222 g/mol. The maximum absolute atomic E-state index is 4.23. The van der Waals surface area contributed by atoms with Crippen molar-refractivity contribution < 1.29 is 0 Å². The van der Waals surface area contributed by atoms with E-state index in [0.29, 0.717) is 0 Å². The van der Waals surface area contributed by atoms with Gasteiger partial charge in [0.05, 0.1) is 0 Å². The first-order valence-corrected chi connectivity index (χ1v) is 6.11. The van der Waals surface area contributed by atoms with Gasteiger partial charge in [-0.05, 0) is 35.1 Å². The lowest BCUT2D eigenvalue weighted by Gasteiger charge is -2.10. The molecular formula is C17H18. The Labute approximate surface area is 104 Å². The van der Waals surface area contributed by atoms with Crippen molar-refractivity contribution in [2.45, 2.75) is 19.8 Å². The summed E-state index contributed by atoms with van der Waals surface area (Å²) in [4.78, 5) is 0. The molecule has 0 unspecified atom stereocenters. The highest BCUT2D eigenvalue weighted by Gasteiger charge is 2.04. The van der Waals surface area contributed by atoms with Gasteiger partial charge in [-0.1, -0.05) is 68.1 Å². The first-order chi connectivity index (χ1) is 8.31. The lowest BCUT2D eigenvalue weighted by molar-refractivity contribution is 1.12. The van der Waals surface area contributed by atoms with Crippen LogP contribution in [0.25, 0.3) is 5.57 Å². The molecule has 2 rings (SSSR count). The molecule has 0 heteroatoms. The van der Waals surface area contributed by atoms with Gasteiger partial charge in [0.2, 0.25) is 0 Å². The Bertz CT molecular complexity index is 494. The Hall–Kier alpha value is -1.82. The van der Waals surface area contributed by atoms with Crippen molar-refractivity contribution >= 4 is 5.57 Å². The maximum Gasteiger partial charge on any atom is -0.00256 e. The second-order valence-electron chi connectivity index (χ2n) is 4.28. The van der Waals surface area contributed by atoms with Crippen molar-refractivity contribution in [1.82, 2.24) is 0 Å². The third-order valence-corrected chi connectivity index (χ3v) is 3.04. The van der Waals surface area contributed by atoms with Gasteiger partial charge < -0.3 is 0 Å². The van der Waals surface area contributed by atoms with Gasteiger partial charge in [0.1, 0.15) is 0 Å². The number of allylic oxidation sites excluding steroid dienone is 1. The summed E-state index contributed by atoms with van der Waals surface area (Å²) in [7, 11) is 0. The Balaban J connectivity index is 2.20. The highest BCUT2D eigenvalue weighted by Crippen LogP contribution is 2.21. The Morgan fingerprint density at radius 1 is 0.941 bits per heavy atom. The average Bonchev–Trinajstić information content (AvgIpc) is 2.40.